The van der Waals surface area contributed by atoms with E-state index in [-0.39, 0.29) is 30.8 Å². The molecule has 122 valence electrons. The van der Waals surface area contributed by atoms with Crippen molar-refractivity contribution in [3.8, 4) is 0 Å². The Labute approximate surface area is 125 Å². The molecule has 0 aromatic heterocycles. The fraction of sp³-hybridized carbons (Fsp3) is 0.786. The summed E-state index contributed by atoms with van der Waals surface area (Å²) in [6.45, 7) is 7.77. The van der Waals surface area contributed by atoms with Gasteiger partial charge in [0.05, 0.1) is 6.42 Å². The fourth-order valence-electron chi connectivity index (χ4n) is 1.79. The molecule has 0 radical (unpaired) electrons. The van der Waals surface area contributed by atoms with Crippen molar-refractivity contribution in [2.24, 2.45) is 0 Å². The van der Waals surface area contributed by atoms with Gasteiger partial charge in [-0.25, -0.2) is 4.79 Å². The van der Waals surface area contributed by atoms with Gasteiger partial charge in [-0.1, -0.05) is 13.3 Å². The Bertz CT molecular complexity index is 364. The summed E-state index contributed by atoms with van der Waals surface area (Å²) in [5.41, 5.74) is -0.299. The van der Waals surface area contributed by atoms with Gasteiger partial charge in [-0.15, -0.1) is 0 Å². The molecule has 0 spiro atoms. The molecule has 0 aromatic rings. The topological polar surface area (TPSA) is 108 Å². The molecule has 0 heterocycles. The van der Waals surface area contributed by atoms with E-state index < -0.39 is 18.0 Å². The number of hydrogen-bond donors (Lipinski definition) is 4. The number of hydrogen-bond acceptors (Lipinski definition) is 3. The average molecular weight is 301 g/mol. The molecule has 0 saturated carbocycles. The smallest absolute Gasteiger partial charge is 0.315 e. The van der Waals surface area contributed by atoms with Crippen LogP contribution in [-0.2, 0) is 9.59 Å². The second-order valence-electron chi connectivity index (χ2n) is 6.03. The maximum Gasteiger partial charge on any atom is 0.315 e. The molecule has 0 fully saturated rings. The van der Waals surface area contributed by atoms with Gasteiger partial charge in [0.2, 0.25) is 5.91 Å². The fourth-order valence-corrected chi connectivity index (χ4v) is 1.79. The van der Waals surface area contributed by atoms with Gasteiger partial charge in [0.25, 0.3) is 0 Å². The van der Waals surface area contributed by atoms with E-state index in [1.165, 1.54) is 0 Å². The largest absolute Gasteiger partial charge is 0.481 e. The monoisotopic (exact) mass is 301 g/mol. The number of amides is 3. The van der Waals surface area contributed by atoms with Crippen LogP contribution in [0.3, 0.4) is 0 Å². The molecule has 0 aliphatic rings. The van der Waals surface area contributed by atoms with E-state index in [0.29, 0.717) is 6.42 Å². The van der Waals surface area contributed by atoms with Crippen molar-refractivity contribution in [1.29, 1.82) is 0 Å². The minimum Gasteiger partial charge on any atom is -0.481 e. The predicted octanol–water partition coefficient (Wildman–Crippen LogP) is 1.23. The molecule has 3 amide bonds. The minimum atomic E-state index is -0.946. The first kappa shape index (κ1) is 19.2. The lowest BCUT2D eigenvalue weighted by Crippen LogP contribution is -2.45. The number of aliphatic carboxylic acids is 1. The Balaban J connectivity index is 4.02. The zero-order chi connectivity index (χ0) is 16.5. The molecule has 0 rings (SSSR count). The summed E-state index contributed by atoms with van der Waals surface area (Å²) in [7, 11) is 0. The number of urea groups is 1. The second kappa shape index (κ2) is 9.20. The van der Waals surface area contributed by atoms with Crippen LogP contribution in [0.5, 0.6) is 0 Å². The van der Waals surface area contributed by atoms with Crippen LogP contribution >= 0.6 is 0 Å². The first-order valence-electron chi connectivity index (χ1n) is 7.21. The third-order valence-corrected chi connectivity index (χ3v) is 2.55. The van der Waals surface area contributed by atoms with E-state index in [4.69, 9.17) is 5.11 Å². The van der Waals surface area contributed by atoms with Gasteiger partial charge >= 0.3 is 12.0 Å². The number of carboxylic acids is 1. The highest BCUT2D eigenvalue weighted by Crippen LogP contribution is 2.02. The molecular weight excluding hydrogens is 274 g/mol. The van der Waals surface area contributed by atoms with E-state index in [0.717, 1.165) is 6.42 Å². The third kappa shape index (κ3) is 11.7. The van der Waals surface area contributed by atoms with Crippen molar-refractivity contribution in [3.05, 3.63) is 0 Å². The van der Waals surface area contributed by atoms with E-state index in [2.05, 4.69) is 16.0 Å². The standard InChI is InChI=1S/C14H27N3O4/c1-5-6-10(9-12(19)20)16-13(21)15-8-7-11(18)17-14(2,3)4/h10H,5-9H2,1-4H3,(H,17,18)(H,19,20)(H2,15,16,21). The minimum absolute atomic E-state index is 0.105. The van der Waals surface area contributed by atoms with Crippen LogP contribution in [0.25, 0.3) is 0 Å². The van der Waals surface area contributed by atoms with Crippen molar-refractivity contribution in [3.63, 3.8) is 0 Å². The summed E-state index contributed by atoms with van der Waals surface area (Å²) in [5.74, 6) is -1.09. The summed E-state index contributed by atoms with van der Waals surface area (Å²) in [6, 6.07) is -0.839. The Kier molecular flexibility index (Phi) is 8.42. The zero-order valence-corrected chi connectivity index (χ0v) is 13.3. The Hall–Kier alpha value is -1.79. The van der Waals surface area contributed by atoms with Crippen LogP contribution < -0.4 is 16.0 Å². The number of rotatable bonds is 8. The van der Waals surface area contributed by atoms with E-state index in [1.807, 2.05) is 27.7 Å². The van der Waals surface area contributed by atoms with Crippen molar-refractivity contribution >= 4 is 17.9 Å². The Morgan fingerprint density at radius 1 is 1.19 bits per heavy atom. The zero-order valence-electron chi connectivity index (χ0n) is 13.3. The molecule has 21 heavy (non-hydrogen) atoms. The van der Waals surface area contributed by atoms with E-state index in [9.17, 15) is 14.4 Å². The third-order valence-electron chi connectivity index (χ3n) is 2.55. The highest BCUT2D eigenvalue weighted by Gasteiger charge is 2.16. The van der Waals surface area contributed by atoms with Crippen molar-refractivity contribution in [2.75, 3.05) is 6.54 Å². The van der Waals surface area contributed by atoms with Gasteiger partial charge in [0, 0.05) is 24.5 Å². The summed E-state index contributed by atoms with van der Waals surface area (Å²) in [4.78, 5) is 33.9. The number of carbonyl (C=O) groups excluding carboxylic acids is 2. The first-order chi connectivity index (χ1) is 9.64. The highest BCUT2D eigenvalue weighted by molar-refractivity contribution is 5.79. The van der Waals surface area contributed by atoms with E-state index >= 15 is 0 Å². The van der Waals surface area contributed by atoms with Gasteiger partial charge in [0.1, 0.15) is 0 Å². The lowest BCUT2D eigenvalue weighted by Gasteiger charge is -2.20. The molecule has 7 nitrogen and oxygen atoms in total. The molecule has 0 aromatic carbocycles. The molecule has 0 bridgehead atoms. The molecule has 0 saturated heterocycles. The van der Waals surface area contributed by atoms with Crippen molar-refractivity contribution < 1.29 is 19.5 Å². The van der Waals surface area contributed by atoms with Gasteiger partial charge in [-0.3, -0.25) is 9.59 Å². The van der Waals surface area contributed by atoms with Crippen molar-refractivity contribution in [1.82, 2.24) is 16.0 Å². The van der Waals surface area contributed by atoms with Crippen LogP contribution in [0.4, 0.5) is 4.79 Å². The second-order valence-corrected chi connectivity index (χ2v) is 6.03. The maximum atomic E-state index is 11.6. The summed E-state index contributed by atoms with van der Waals surface area (Å²) in [6.07, 6.45) is 1.46. The molecular formula is C14H27N3O4. The summed E-state index contributed by atoms with van der Waals surface area (Å²) in [5, 5.41) is 16.7. The van der Waals surface area contributed by atoms with Crippen LogP contribution in [0.1, 0.15) is 53.4 Å². The summed E-state index contributed by atoms with van der Waals surface area (Å²) >= 11 is 0. The Morgan fingerprint density at radius 2 is 1.81 bits per heavy atom. The molecule has 0 aliphatic carbocycles. The van der Waals surface area contributed by atoms with Crippen LogP contribution in [0.15, 0.2) is 0 Å². The molecule has 0 aliphatic heterocycles. The van der Waals surface area contributed by atoms with Gasteiger partial charge in [-0.2, -0.15) is 0 Å². The number of nitrogens with one attached hydrogen (secondary N) is 3. The van der Waals surface area contributed by atoms with Crippen LogP contribution in [0, 0.1) is 0 Å². The SMILES string of the molecule is CCCC(CC(=O)O)NC(=O)NCCC(=O)NC(C)(C)C. The molecule has 4 N–H and O–H groups in total. The molecule has 1 atom stereocenters. The van der Waals surface area contributed by atoms with Crippen LogP contribution in [0.2, 0.25) is 0 Å². The normalized spacial score (nSPS) is 12.4. The predicted molar refractivity (Wildman–Crippen MR) is 80.0 cm³/mol. The number of carboxylic acid groups (broad SMARTS) is 1. The van der Waals surface area contributed by atoms with Crippen LogP contribution in [-0.4, -0.2) is 41.1 Å². The number of carbonyl (C=O) groups is 3. The molecule has 7 heteroatoms. The highest BCUT2D eigenvalue weighted by atomic mass is 16.4. The first-order valence-corrected chi connectivity index (χ1v) is 7.21. The van der Waals surface area contributed by atoms with Gasteiger partial charge < -0.3 is 21.1 Å². The van der Waals surface area contributed by atoms with Gasteiger partial charge in [-0.05, 0) is 27.2 Å². The van der Waals surface area contributed by atoms with Gasteiger partial charge in [0.15, 0.2) is 0 Å². The quantitative estimate of drug-likeness (QED) is 0.541. The van der Waals surface area contributed by atoms with Crippen molar-refractivity contribution in [2.45, 2.75) is 65.0 Å². The lowest BCUT2D eigenvalue weighted by atomic mass is 10.1. The Morgan fingerprint density at radius 3 is 2.29 bits per heavy atom. The van der Waals surface area contributed by atoms with E-state index in [1.54, 1.807) is 0 Å². The average Bonchev–Trinajstić information content (AvgIpc) is 2.25. The summed E-state index contributed by atoms with van der Waals surface area (Å²) < 4.78 is 0. The lowest BCUT2D eigenvalue weighted by molar-refractivity contribution is -0.137. The molecule has 1 unspecified atom stereocenters. The maximum absolute atomic E-state index is 11.6.